The van der Waals surface area contributed by atoms with Crippen molar-refractivity contribution in [1.82, 2.24) is 5.32 Å². The van der Waals surface area contributed by atoms with Gasteiger partial charge in [0.25, 0.3) is 0 Å². The van der Waals surface area contributed by atoms with Crippen LogP contribution in [0.25, 0.3) is 0 Å². The first-order chi connectivity index (χ1) is 10.7. The van der Waals surface area contributed by atoms with Gasteiger partial charge in [-0.1, -0.05) is 12.1 Å². The second kappa shape index (κ2) is 8.05. The van der Waals surface area contributed by atoms with Gasteiger partial charge in [0, 0.05) is 17.8 Å². The molecule has 0 aliphatic rings. The number of nitrogens with one attached hydrogen (secondary N) is 1. The number of nitrogen functional groups attached to an aromatic ring is 1. The zero-order valence-electron chi connectivity index (χ0n) is 12.5. The van der Waals surface area contributed by atoms with E-state index in [9.17, 15) is 4.79 Å². The third kappa shape index (κ3) is 4.79. The first-order valence-electron chi connectivity index (χ1n) is 7.05. The Hall–Kier alpha value is -2.53. The fraction of sp³-hybridized carbons (Fsp3) is 0.235. The molecule has 2 aromatic rings. The van der Waals surface area contributed by atoms with E-state index >= 15 is 0 Å². The molecule has 0 aromatic heterocycles. The summed E-state index contributed by atoms with van der Waals surface area (Å²) < 4.78 is 10.6. The molecular weight excluding hydrogens is 280 g/mol. The van der Waals surface area contributed by atoms with Gasteiger partial charge in [0.1, 0.15) is 18.1 Å². The lowest BCUT2D eigenvalue weighted by Crippen LogP contribution is -2.27. The maximum absolute atomic E-state index is 11.9. The fourth-order valence-electron chi connectivity index (χ4n) is 1.93. The highest BCUT2D eigenvalue weighted by atomic mass is 16.5. The van der Waals surface area contributed by atoms with E-state index < -0.39 is 0 Å². The van der Waals surface area contributed by atoms with Crippen LogP contribution in [-0.2, 0) is 0 Å². The van der Waals surface area contributed by atoms with E-state index in [0.29, 0.717) is 24.4 Å². The van der Waals surface area contributed by atoms with Crippen LogP contribution in [-0.4, -0.2) is 32.6 Å². The van der Waals surface area contributed by atoms with Gasteiger partial charge in [0.15, 0.2) is 5.78 Å². The predicted octanol–water partition coefficient (Wildman–Crippen LogP) is 2.13. The maximum atomic E-state index is 11.9. The molecule has 5 heteroatoms. The number of rotatable bonds is 8. The molecular formula is C17H20N2O3. The van der Waals surface area contributed by atoms with Gasteiger partial charge in [-0.25, -0.2) is 0 Å². The summed E-state index contributed by atoms with van der Waals surface area (Å²) in [6, 6.07) is 14.3. The molecule has 0 spiro atoms. The van der Waals surface area contributed by atoms with Crippen molar-refractivity contribution in [3.63, 3.8) is 0 Å². The van der Waals surface area contributed by atoms with Crippen molar-refractivity contribution in [2.75, 3.05) is 32.5 Å². The Labute approximate surface area is 130 Å². The van der Waals surface area contributed by atoms with E-state index in [1.165, 1.54) is 0 Å². The molecule has 0 atom stereocenters. The van der Waals surface area contributed by atoms with E-state index in [-0.39, 0.29) is 12.3 Å². The summed E-state index contributed by atoms with van der Waals surface area (Å²) >= 11 is 0. The molecule has 2 rings (SSSR count). The number of carbonyl (C=O) groups is 1. The number of ketones is 1. The molecule has 0 heterocycles. The molecule has 3 N–H and O–H groups in total. The Morgan fingerprint density at radius 3 is 2.55 bits per heavy atom. The topological polar surface area (TPSA) is 73.6 Å². The van der Waals surface area contributed by atoms with Crippen LogP contribution in [0.3, 0.4) is 0 Å². The molecule has 0 saturated heterocycles. The quantitative estimate of drug-likeness (QED) is 0.444. The molecule has 0 amide bonds. The van der Waals surface area contributed by atoms with Gasteiger partial charge in [-0.05, 0) is 36.4 Å². The van der Waals surface area contributed by atoms with Gasteiger partial charge >= 0.3 is 0 Å². The van der Waals surface area contributed by atoms with Crippen molar-refractivity contribution in [2.45, 2.75) is 0 Å². The molecule has 5 nitrogen and oxygen atoms in total. The van der Waals surface area contributed by atoms with E-state index in [0.717, 1.165) is 11.5 Å². The standard InChI is InChI=1S/C17H20N2O3/c1-21-15-5-7-16(8-6-15)22-10-9-19-12-17(20)13-3-2-4-14(18)11-13/h2-8,11,19H,9-10,12,18H2,1H3. The second-order valence-corrected chi connectivity index (χ2v) is 4.75. The summed E-state index contributed by atoms with van der Waals surface area (Å²) in [5.74, 6) is 1.57. The Kier molecular flexibility index (Phi) is 5.80. The SMILES string of the molecule is COc1ccc(OCCNCC(=O)c2cccc(N)c2)cc1. The van der Waals surface area contributed by atoms with Gasteiger partial charge < -0.3 is 20.5 Å². The number of anilines is 1. The maximum Gasteiger partial charge on any atom is 0.176 e. The van der Waals surface area contributed by atoms with Crippen LogP contribution in [0, 0.1) is 0 Å². The number of Topliss-reactive ketones (excluding diaryl/α,β-unsaturated/α-hetero) is 1. The van der Waals surface area contributed by atoms with Crippen molar-refractivity contribution in [3.8, 4) is 11.5 Å². The summed E-state index contributed by atoms with van der Waals surface area (Å²) in [6.07, 6.45) is 0. The summed E-state index contributed by atoms with van der Waals surface area (Å²) in [5, 5.41) is 3.06. The first-order valence-corrected chi connectivity index (χ1v) is 7.05. The monoisotopic (exact) mass is 300 g/mol. The zero-order chi connectivity index (χ0) is 15.8. The van der Waals surface area contributed by atoms with Gasteiger partial charge in [0.2, 0.25) is 0 Å². The number of benzene rings is 2. The Bertz CT molecular complexity index is 612. The third-order valence-corrected chi connectivity index (χ3v) is 3.10. The minimum absolute atomic E-state index is 0.0109. The Balaban J connectivity index is 1.67. The Morgan fingerprint density at radius 1 is 1.14 bits per heavy atom. The van der Waals surface area contributed by atoms with Crippen LogP contribution < -0.4 is 20.5 Å². The van der Waals surface area contributed by atoms with Crippen molar-refractivity contribution in [2.24, 2.45) is 0 Å². The van der Waals surface area contributed by atoms with E-state index in [2.05, 4.69) is 5.32 Å². The average molecular weight is 300 g/mol. The summed E-state index contributed by atoms with van der Waals surface area (Å²) in [6.45, 7) is 1.33. The highest BCUT2D eigenvalue weighted by Gasteiger charge is 2.05. The van der Waals surface area contributed by atoms with Crippen molar-refractivity contribution in [3.05, 3.63) is 54.1 Å². The fourth-order valence-corrected chi connectivity index (χ4v) is 1.93. The molecule has 22 heavy (non-hydrogen) atoms. The molecule has 0 radical (unpaired) electrons. The van der Waals surface area contributed by atoms with Crippen LogP contribution >= 0.6 is 0 Å². The predicted molar refractivity (Wildman–Crippen MR) is 86.5 cm³/mol. The number of carbonyl (C=O) groups excluding carboxylic acids is 1. The molecule has 0 fully saturated rings. The molecule has 116 valence electrons. The minimum atomic E-state index is 0.0109. The molecule has 0 saturated carbocycles. The minimum Gasteiger partial charge on any atom is -0.497 e. The third-order valence-electron chi connectivity index (χ3n) is 3.10. The zero-order valence-corrected chi connectivity index (χ0v) is 12.5. The lowest BCUT2D eigenvalue weighted by molar-refractivity contribution is 0.0990. The van der Waals surface area contributed by atoms with Crippen LogP contribution in [0.4, 0.5) is 5.69 Å². The molecule has 0 unspecified atom stereocenters. The largest absolute Gasteiger partial charge is 0.497 e. The smallest absolute Gasteiger partial charge is 0.176 e. The lowest BCUT2D eigenvalue weighted by Gasteiger charge is -2.08. The van der Waals surface area contributed by atoms with Crippen LogP contribution in [0.5, 0.6) is 11.5 Å². The molecule has 0 aliphatic heterocycles. The summed E-state index contributed by atoms with van der Waals surface area (Å²) in [5.41, 5.74) is 6.86. The Morgan fingerprint density at radius 2 is 1.86 bits per heavy atom. The van der Waals surface area contributed by atoms with Gasteiger partial charge in [-0.3, -0.25) is 4.79 Å². The normalized spacial score (nSPS) is 10.2. The molecule has 0 aliphatic carbocycles. The lowest BCUT2D eigenvalue weighted by atomic mass is 10.1. The molecule has 2 aromatic carbocycles. The van der Waals surface area contributed by atoms with Crippen LogP contribution in [0.1, 0.15) is 10.4 Å². The number of methoxy groups -OCH3 is 1. The van der Waals surface area contributed by atoms with Crippen molar-refractivity contribution in [1.29, 1.82) is 0 Å². The highest BCUT2D eigenvalue weighted by molar-refractivity contribution is 5.98. The van der Waals surface area contributed by atoms with Gasteiger partial charge in [0.05, 0.1) is 13.7 Å². The number of ether oxygens (including phenoxy) is 2. The van der Waals surface area contributed by atoms with Gasteiger partial charge in [-0.2, -0.15) is 0 Å². The van der Waals surface area contributed by atoms with Crippen molar-refractivity contribution >= 4 is 11.5 Å². The highest BCUT2D eigenvalue weighted by Crippen LogP contribution is 2.16. The van der Waals surface area contributed by atoms with Crippen LogP contribution in [0.2, 0.25) is 0 Å². The van der Waals surface area contributed by atoms with E-state index in [1.54, 1.807) is 31.4 Å². The number of nitrogens with two attached hydrogens (primary N) is 1. The summed E-state index contributed by atoms with van der Waals surface area (Å²) in [4.78, 5) is 11.9. The number of hydrogen-bond acceptors (Lipinski definition) is 5. The molecule has 0 bridgehead atoms. The average Bonchev–Trinajstić information content (AvgIpc) is 2.55. The first kappa shape index (κ1) is 15.9. The van der Waals surface area contributed by atoms with Crippen LogP contribution in [0.15, 0.2) is 48.5 Å². The second-order valence-electron chi connectivity index (χ2n) is 4.75. The summed E-state index contributed by atoms with van der Waals surface area (Å²) in [7, 11) is 1.62. The van der Waals surface area contributed by atoms with Crippen molar-refractivity contribution < 1.29 is 14.3 Å². The number of hydrogen-bond donors (Lipinski definition) is 2. The van der Waals surface area contributed by atoms with E-state index in [4.69, 9.17) is 15.2 Å². The van der Waals surface area contributed by atoms with Gasteiger partial charge in [-0.15, -0.1) is 0 Å². The van der Waals surface area contributed by atoms with E-state index in [1.807, 2.05) is 24.3 Å².